The molecule has 178 valence electrons. The van der Waals surface area contributed by atoms with Crippen molar-refractivity contribution in [3.63, 3.8) is 0 Å². The van der Waals surface area contributed by atoms with Crippen molar-refractivity contribution in [2.45, 2.75) is 69.4 Å². The highest BCUT2D eigenvalue weighted by Crippen LogP contribution is 2.55. The van der Waals surface area contributed by atoms with E-state index in [1.165, 1.54) is 0 Å². The zero-order chi connectivity index (χ0) is 24.0. The molecule has 3 amide bonds. The van der Waals surface area contributed by atoms with Crippen LogP contribution in [0.2, 0.25) is 24.7 Å². The van der Waals surface area contributed by atoms with Crippen LogP contribution in [0.15, 0.2) is 46.5 Å². The molecule has 2 heterocycles. The van der Waals surface area contributed by atoms with Crippen LogP contribution in [-0.4, -0.2) is 61.0 Å². The monoisotopic (exact) mass is 468 g/mol. The number of hydrogen-bond donors (Lipinski definition) is 3. The number of hydrogen-bond acceptors (Lipinski definition) is 4. The first kappa shape index (κ1) is 23.7. The molecule has 0 saturated heterocycles. The van der Waals surface area contributed by atoms with Gasteiger partial charge in [-0.15, -0.1) is 0 Å². The third-order valence-electron chi connectivity index (χ3n) is 7.96. The maximum absolute atomic E-state index is 13.3. The average molecular weight is 469 g/mol. The van der Waals surface area contributed by atoms with Gasteiger partial charge >= 0.3 is 6.03 Å². The van der Waals surface area contributed by atoms with Crippen molar-refractivity contribution in [1.29, 1.82) is 0 Å². The summed E-state index contributed by atoms with van der Waals surface area (Å²) in [5.41, 5.74) is 2.29. The van der Waals surface area contributed by atoms with Crippen LogP contribution < -0.4 is 10.6 Å². The van der Waals surface area contributed by atoms with E-state index >= 15 is 0 Å². The van der Waals surface area contributed by atoms with Gasteiger partial charge in [-0.05, 0) is 37.8 Å². The lowest BCUT2D eigenvalue weighted by atomic mass is 9.83. The predicted molar refractivity (Wildman–Crippen MR) is 133 cm³/mol. The van der Waals surface area contributed by atoms with Gasteiger partial charge in [0.1, 0.15) is 5.84 Å². The Hall–Kier alpha value is -2.45. The molecular weight excluding hydrogens is 432 g/mol. The van der Waals surface area contributed by atoms with Crippen LogP contribution in [0.25, 0.3) is 0 Å². The first-order valence-electron chi connectivity index (χ1n) is 11.8. The number of nitrogens with zero attached hydrogens (tertiary/aromatic N) is 2. The van der Waals surface area contributed by atoms with E-state index in [1.807, 2.05) is 44.2 Å². The van der Waals surface area contributed by atoms with Gasteiger partial charge < -0.3 is 20.6 Å². The van der Waals surface area contributed by atoms with Gasteiger partial charge in [0.15, 0.2) is 0 Å². The maximum Gasteiger partial charge on any atom is 0.318 e. The van der Waals surface area contributed by atoms with E-state index < -0.39 is 19.7 Å². The summed E-state index contributed by atoms with van der Waals surface area (Å²) in [6.07, 6.45) is 2.25. The molecule has 3 N–H and O–H groups in total. The van der Waals surface area contributed by atoms with E-state index in [-0.39, 0.29) is 23.5 Å². The quantitative estimate of drug-likeness (QED) is 0.576. The Morgan fingerprint density at radius 2 is 1.85 bits per heavy atom. The number of rotatable bonds is 5. The number of nitrogens with one attached hydrogen (secondary N) is 2. The topological polar surface area (TPSA) is 94.0 Å². The molecule has 1 aromatic rings. The lowest BCUT2D eigenvalue weighted by Gasteiger charge is -2.49. The van der Waals surface area contributed by atoms with Gasteiger partial charge in [-0.3, -0.25) is 9.79 Å². The third-order valence-corrected chi connectivity index (χ3v) is 11.6. The van der Waals surface area contributed by atoms with Crippen molar-refractivity contribution in [3.8, 4) is 0 Å². The average Bonchev–Trinajstić information content (AvgIpc) is 3.22. The van der Waals surface area contributed by atoms with Crippen LogP contribution in [0.1, 0.15) is 44.8 Å². The molecule has 7 nitrogen and oxygen atoms in total. The first-order valence-corrected chi connectivity index (χ1v) is 15.3. The number of urea groups is 1. The molecule has 1 saturated carbocycles. The fraction of sp³-hybridized carbons (Fsp3) is 0.560. The van der Waals surface area contributed by atoms with Crippen LogP contribution in [-0.2, 0) is 4.79 Å². The van der Waals surface area contributed by atoms with Crippen LogP contribution in [0, 0.1) is 0 Å². The van der Waals surface area contributed by atoms with Gasteiger partial charge in [-0.1, -0.05) is 56.4 Å². The zero-order valence-electron chi connectivity index (χ0n) is 20.4. The summed E-state index contributed by atoms with van der Waals surface area (Å²) in [5, 5.41) is 16.2. The van der Waals surface area contributed by atoms with Crippen molar-refractivity contribution < 1.29 is 14.7 Å². The van der Waals surface area contributed by atoms with Crippen molar-refractivity contribution in [3.05, 3.63) is 47.0 Å². The van der Waals surface area contributed by atoms with Crippen molar-refractivity contribution >= 4 is 25.8 Å². The number of benzene rings is 1. The smallest absolute Gasteiger partial charge is 0.318 e. The molecule has 2 aliphatic heterocycles. The molecule has 0 aromatic heterocycles. The minimum atomic E-state index is -1.68. The Labute approximate surface area is 197 Å². The van der Waals surface area contributed by atoms with Crippen LogP contribution in [0.3, 0.4) is 0 Å². The maximum atomic E-state index is 13.3. The van der Waals surface area contributed by atoms with Crippen molar-refractivity contribution in [2.24, 2.45) is 4.99 Å². The molecule has 1 atom stereocenters. The highest BCUT2D eigenvalue weighted by molar-refractivity contribution is 6.82. The fourth-order valence-electron chi connectivity index (χ4n) is 5.33. The lowest BCUT2D eigenvalue weighted by Crippen LogP contribution is -2.55. The Bertz CT molecular complexity index is 1010. The van der Waals surface area contributed by atoms with Gasteiger partial charge in [-0.2, -0.15) is 0 Å². The number of carbonyl (C=O) groups excluding carboxylic acids is 2. The number of amides is 3. The molecule has 3 aliphatic rings. The summed E-state index contributed by atoms with van der Waals surface area (Å²) in [5.74, 6) is 0.735. The number of aliphatic hydroxyl groups is 1. The predicted octanol–water partition coefficient (Wildman–Crippen LogP) is 3.61. The van der Waals surface area contributed by atoms with Gasteiger partial charge in [0, 0.05) is 17.2 Å². The highest BCUT2D eigenvalue weighted by atomic mass is 28.3. The summed E-state index contributed by atoms with van der Waals surface area (Å²) in [6, 6.07) is 9.07. The van der Waals surface area contributed by atoms with Crippen LogP contribution >= 0.6 is 0 Å². The Balaban J connectivity index is 1.42. The second kappa shape index (κ2) is 8.40. The van der Waals surface area contributed by atoms with Crippen molar-refractivity contribution in [1.82, 2.24) is 15.5 Å². The molecule has 1 fully saturated rings. The zero-order valence-corrected chi connectivity index (χ0v) is 21.4. The summed E-state index contributed by atoms with van der Waals surface area (Å²) >= 11 is 0. The van der Waals surface area contributed by atoms with E-state index in [1.54, 1.807) is 4.90 Å². The molecule has 0 spiro atoms. The van der Waals surface area contributed by atoms with Gasteiger partial charge in [0.05, 0.1) is 32.8 Å². The van der Waals surface area contributed by atoms with Gasteiger partial charge in [-0.25, -0.2) is 4.79 Å². The minimum absolute atomic E-state index is 0.104. The number of amidine groups is 1. The molecule has 8 heteroatoms. The molecule has 4 rings (SSSR count). The second-order valence-corrected chi connectivity index (χ2v) is 16.5. The van der Waals surface area contributed by atoms with E-state index in [0.29, 0.717) is 18.9 Å². The Morgan fingerprint density at radius 3 is 2.42 bits per heavy atom. The van der Waals surface area contributed by atoms with E-state index in [2.05, 4.69) is 35.3 Å². The summed E-state index contributed by atoms with van der Waals surface area (Å²) in [6.45, 7) is 11.8. The van der Waals surface area contributed by atoms with Gasteiger partial charge in [0.2, 0.25) is 5.91 Å². The first-order chi connectivity index (χ1) is 15.5. The van der Waals surface area contributed by atoms with Crippen LogP contribution in [0.5, 0.6) is 0 Å². The van der Waals surface area contributed by atoms with Crippen LogP contribution in [0.4, 0.5) is 4.79 Å². The minimum Gasteiger partial charge on any atom is -0.387 e. The number of aliphatic hydroxyl groups excluding tert-OH is 1. The standard InChI is InChI=1S/C25H36N4O3Si/c1-24(2)19-14-26-21(28-22(31)25(12-9-13-25)33(3,4)5)18(19)16-29(24)23(32)27-15-20(30)17-10-7-6-8-11-17/h6-8,10-11,20,30H,9,12-16H2,1-5H3,(H,27,32)(H,26,28,31)/t20-/m0/s1. The molecule has 1 aliphatic carbocycles. The normalized spacial score (nSPS) is 21.8. The molecule has 0 unspecified atom stereocenters. The molecule has 0 bridgehead atoms. The SMILES string of the molecule is CC1(C)C2=C(CN1C(=O)NC[C@H](O)c1ccccc1)C(NC(=O)C1([Si](C)(C)C)CCC1)=NC2. The largest absolute Gasteiger partial charge is 0.387 e. The van der Waals surface area contributed by atoms with E-state index in [4.69, 9.17) is 0 Å². The molecule has 33 heavy (non-hydrogen) atoms. The number of carbonyl (C=O) groups is 2. The van der Waals surface area contributed by atoms with E-state index in [9.17, 15) is 14.7 Å². The van der Waals surface area contributed by atoms with Gasteiger partial charge in [0.25, 0.3) is 0 Å². The summed E-state index contributed by atoms with van der Waals surface area (Å²) in [4.78, 5) is 32.8. The Morgan fingerprint density at radius 1 is 1.18 bits per heavy atom. The van der Waals surface area contributed by atoms with E-state index in [0.717, 1.165) is 36.0 Å². The molecular formula is C25H36N4O3Si. The third kappa shape index (κ3) is 4.03. The Kier molecular flexibility index (Phi) is 6.03. The summed E-state index contributed by atoms with van der Waals surface area (Å²) < 4.78 is 0. The number of aliphatic imine (C=N–C) groups is 1. The van der Waals surface area contributed by atoms with Crippen molar-refractivity contribution in [2.75, 3.05) is 19.6 Å². The molecule has 1 aromatic carbocycles. The highest BCUT2D eigenvalue weighted by Gasteiger charge is 2.54. The lowest BCUT2D eigenvalue weighted by molar-refractivity contribution is -0.125. The molecule has 0 radical (unpaired) electrons. The fourth-order valence-corrected chi connectivity index (χ4v) is 7.93. The second-order valence-electron chi connectivity index (χ2n) is 11.0. The summed E-state index contributed by atoms with van der Waals surface area (Å²) in [7, 11) is -1.68.